The van der Waals surface area contributed by atoms with E-state index in [-0.39, 0.29) is 0 Å². The minimum absolute atomic E-state index is 0.493. The normalized spacial score (nSPS) is 12.1. The van der Waals surface area contributed by atoms with Gasteiger partial charge in [0.15, 0.2) is 11.5 Å². The van der Waals surface area contributed by atoms with E-state index in [1.165, 1.54) is 21.3 Å². The van der Waals surface area contributed by atoms with Crippen LogP contribution in [0.2, 0.25) is 0 Å². The number of rotatable bonds is 5. The molecule has 1 N–H and O–H groups in total. The number of aryl methyl sites for hydroxylation is 1. The molecule has 0 saturated heterocycles. The summed E-state index contributed by atoms with van der Waals surface area (Å²) in [6.07, 6.45) is 0.918. The molecule has 1 atom stereocenters. The van der Waals surface area contributed by atoms with Gasteiger partial charge in [-0.15, -0.1) is 0 Å². The lowest BCUT2D eigenvalue weighted by Crippen LogP contribution is -2.04. The lowest BCUT2D eigenvalue weighted by atomic mass is 10.1. The topological polar surface area (TPSA) is 65.7 Å². The van der Waals surface area contributed by atoms with Crippen molar-refractivity contribution in [2.75, 3.05) is 21.3 Å². The van der Waals surface area contributed by atoms with Gasteiger partial charge < -0.3 is 19.3 Å². The van der Waals surface area contributed by atoms with Crippen molar-refractivity contribution in [2.45, 2.75) is 6.10 Å². The van der Waals surface area contributed by atoms with Crippen molar-refractivity contribution in [3.63, 3.8) is 0 Å². The minimum atomic E-state index is -0.857. The third kappa shape index (κ3) is 2.55. The van der Waals surface area contributed by atoms with E-state index in [9.17, 15) is 5.11 Å². The summed E-state index contributed by atoms with van der Waals surface area (Å²) in [5, 5.41) is 14.6. The van der Waals surface area contributed by atoms with Crippen LogP contribution in [0.15, 0.2) is 24.4 Å². The Hall–Kier alpha value is -2.21. The number of benzene rings is 1. The summed E-state index contributed by atoms with van der Waals surface area (Å²) in [5.41, 5.74) is 1.18. The monoisotopic (exact) mass is 278 g/mol. The maximum absolute atomic E-state index is 10.4. The molecule has 1 heterocycles. The molecule has 1 aromatic carbocycles. The van der Waals surface area contributed by atoms with E-state index in [4.69, 9.17) is 14.2 Å². The smallest absolute Gasteiger partial charge is 0.203 e. The van der Waals surface area contributed by atoms with E-state index < -0.39 is 6.10 Å². The minimum Gasteiger partial charge on any atom is -0.493 e. The third-order valence-corrected chi connectivity index (χ3v) is 3.02. The Morgan fingerprint density at radius 1 is 1.10 bits per heavy atom. The van der Waals surface area contributed by atoms with Crippen molar-refractivity contribution in [1.82, 2.24) is 9.78 Å². The molecule has 0 aliphatic carbocycles. The molecule has 6 nitrogen and oxygen atoms in total. The van der Waals surface area contributed by atoms with Crippen molar-refractivity contribution in [2.24, 2.45) is 7.05 Å². The highest BCUT2D eigenvalue weighted by atomic mass is 16.5. The Bertz CT molecular complexity index is 570. The molecule has 6 heteroatoms. The molecule has 0 aliphatic heterocycles. The number of nitrogens with zero attached hydrogens (tertiary/aromatic N) is 2. The van der Waals surface area contributed by atoms with Crippen LogP contribution in [0.3, 0.4) is 0 Å². The van der Waals surface area contributed by atoms with Crippen LogP contribution in [-0.4, -0.2) is 36.2 Å². The zero-order valence-corrected chi connectivity index (χ0v) is 12.0. The largest absolute Gasteiger partial charge is 0.493 e. The molecule has 0 amide bonds. The molecule has 0 aliphatic rings. The predicted octanol–water partition coefficient (Wildman–Crippen LogP) is 1.53. The zero-order chi connectivity index (χ0) is 14.7. The summed E-state index contributed by atoms with van der Waals surface area (Å²) in [6.45, 7) is 0. The zero-order valence-electron chi connectivity index (χ0n) is 12.0. The quantitative estimate of drug-likeness (QED) is 0.898. The molecule has 1 aromatic heterocycles. The second-order valence-electron chi connectivity index (χ2n) is 4.28. The molecule has 2 aromatic rings. The number of aliphatic hydroxyl groups is 1. The highest BCUT2D eigenvalue weighted by molar-refractivity contribution is 5.54. The highest BCUT2D eigenvalue weighted by Gasteiger charge is 2.19. The molecule has 0 radical (unpaired) electrons. The van der Waals surface area contributed by atoms with Gasteiger partial charge in [0.25, 0.3) is 0 Å². The number of methoxy groups -OCH3 is 3. The fourth-order valence-corrected chi connectivity index (χ4v) is 2.01. The van der Waals surface area contributed by atoms with Crippen LogP contribution in [0, 0.1) is 0 Å². The van der Waals surface area contributed by atoms with Gasteiger partial charge in [-0.2, -0.15) is 5.10 Å². The number of aromatic nitrogens is 2. The SMILES string of the molecule is COc1cc(C(O)c2ccn(C)n2)cc(OC)c1OC. The molecule has 1 unspecified atom stereocenters. The van der Waals surface area contributed by atoms with Gasteiger partial charge in [0.2, 0.25) is 5.75 Å². The Morgan fingerprint density at radius 3 is 2.10 bits per heavy atom. The Morgan fingerprint density at radius 2 is 1.70 bits per heavy atom. The van der Waals surface area contributed by atoms with Gasteiger partial charge in [0.05, 0.1) is 27.0 Å². The first-order valence-corrected chi connectivity index (χ1v) is 6.08. The van der Waals surface area contributed by atoms with Crippen LogP contribution in [-0.2, 0) is 7.05 Å². The van der Waals surface area contributed by atoms with E-state index in [2.05, 4.69) is 5.10 Å². The van der Waals surface area contributed by atoms with Crippen LogP contribution in [0.25, 0.3) is 0 Å². The Balaban J connectivity index is 2.46. The summed E-state index contributed by atoms with van der Waals surface area (Å²) in [7, 11) is 6.41. The van der Waals surface area contributed by atoms with Gasteiger partial charge in [0, 0.05) is 13.2 Å². The van der Waals surface area contributed by atoms with Crippen LogP contribution >= 0.6 is 0 Å². The first-order chi connectivity index (χ1) is 9.60. The average molecular weight is 278 g/mol. The Labute approximate surface area is 117 Å². The van der Waals surface area contributed by atoms with Crippen molar-refractivity contribution >= 4 is 0 Å². The van der Waals surface area contributed by atoms with Crippen LogP contribution in [0.4, 0.5) is 0 Å². The second-order valence-corrected chi connectivity index (χ2v) is 4.28. The summed E-state index contributed by atoms with van der Waals surface area (Å²) in [6, 6.07) is 5.18. The van der Waals surface area contributed by atoms with Gasteiger partial charge in [0.1, 0.15) is 6.10 Å². The lowest BCUT2D eigenvalue weighted by Gasteiger charge is -2.16. The molecule has 20 heavy (non-hydrogen) atoms. The van der Waals surface area contributed by atoms with Crippen LogP contribution in [0.5, 0.6) is 17.2 Å². The van der Waals surface area contributed by atoms with E-state index in [1.807, 2.05) is 0 Å². The van der Waals surface area contributed by atoms with Gasteiger partial charge >= 0.3 is 0 Å². The van der Waals surface area contributed by atoms with Crippen LogP contribution < -0.4 is 14.2 Å². The van der Waals surface area contributed by atoms with E-state index in [1.54, 1.807) is 36.1 Å². The number of aliphatic hydroxyl groups excluding tert-OH is 1. The van der Waals surface area contributed by atoms with Gasteiger partial charge in [-0.25, -0.2) is 0 Å². The van der Waals surface area contributed by atoms with Crippen molar-refractivity contribution in [3.05, 3.63) is 35.7 Å². The van der Waals surface area contributed by atoms with Gasteiger partial charge in [-0.3, -0.25) is 4.68 Å². The molecular weight excluding hydrogens is 260 g/mol. The van der Waals surface area contributed by atoms with E-state index in [0.717, 1.165) is 0 Å². The molecule has 0 fully saturated rings. The number of hydrogen-bond acceptors (Lipinski definition) is 5. The maximum Gasteiger partial charge on any atom is 0.203 e. The van der Waals surface area contributed by atoms with E-state index in [0.29, 0.717) is 28.5 Å². The predicted molar refractivity (Wildman–Crippen MR) is 73.4 cm³/mol. The third-order valence-electron chi connectivity index (χ3n) is 3.02. The lowest BCUT2D eigenvalue weighted by molar-refractivity contribution is 0.212. The first kappa shape index (κ1) is 14.2. The summed E-state index contributed by atoms with van der Waals surface area (Å²) < 4.78 is 17.4. The molecule has 0 saturated carbocycles. The second kappa shape index (κ2) is 5.83. The fourth-order valence-electron chi connectivity index (χ4n) is 2.01. The van der Waals surface area contributed by atoms with Gasteiger partial charge in [-0.1, -0.05) is 0 Å². The van der Waals surface area contributed by atoms with E-state index >= 15 is 0 Å². The summed E-state index contributed by atoms with van der Waals surface area (Å²) in [5.74, 6) is 1.49. The fraction of sp³-hybridized carbons (Fsp3) is 0.357. The maximum atomic E-state index is 10.4. The number of ether oxygens (including phenoxy) is 3. The molecule has 2 rings (SSSR count). The van der Waals surface area contributed by atoms with Crippen LogP contribution in [0.1, 0.15) is 17.4 Å². The van der Waals surface area contributed by atoms with Crippen molar-refractivity contribution in [1.29, 1.82) is 0 Å². The summed E-state index contributed by atoms with van der Waals surface area (Å²) >= 11 is 0. The first-order valence-electron chi connectivity index (χ1n) is 6.08. The standard InChI is InChI=1S/C14H18N2O4/c1-16-6-5-10(15-16)13(17)9-7-11(18-2)14(20-4)12(8-9)19-3/h5-8,13,17H,1-4H3. The molecular formula is C14H18N2O4. The molecule has 0 spiro atoms. The highest BCUT2D eigenvalue weighted by Crippen LogP contribution is 2.40. The Kier molecular flexibility index (Phi) is 4.14. The van der Waals surface area contributed by atoms with Gasteiger partial charge in [-0.05, 0) is 23.8 Å². The van der Waals surface area contributed by atoms with Crippen molar-refractivity contribution in [3.8, 4) is 17.2 Å². The summed E-state index contributed by atoms with van der Waals surface area (Å²) in [4.78, 5) is 0. The van der Waals surface area contributed by atoms with Crippen molar-refractivity contribution < 1.29 is 19.3 Å². The average Bonchev–Trinajstić information content (AvgIpc) is 2.91. The molecule has 108 valence electrons. The number of hydrogen-bond donors (Lipinski definition) is 1. The molecule has 0 bridgehead atoms.